The summed E-state index contributed by atoms with van der Waals surface area (Å²) in [7, 11) is 0. The zero-order chi connectivity index (χ0) is 9.52. The maximum absolute atomic E-state index is 3.48. The Hall–Kier alpha value is 0.440. The molecule has 0 aliphatic carbocycles. The van der Waals surface area contributed by atoms with Crippen LogP contribution in [0.25, 0.3) is 0 Å². The molecule has 1 nitrogen and oxygen atoms in total. The summed E-state index contributed by atoms with van der Waals surface area (Å²) in [5.41, 5.74) is 0. The van der Waals surface area contributed by atoms with Crippen LogP contribution in [0.1, 0.15) is 39.0 Å². The van der Waals surface area contributed by atoms with Crippen molar-refractivity contribution in [3.05, 3.63) is 0 Å². The number of alkyl halides is 1. The van der Waals surface area contributed by atoms with Crippen LogP contribution in [-0.2, 0) is 0 Å². The molecule has 1 fully saturated rings. The fourth-order valence-corrected chi connectivity index (χ4v) is 2.37. The van der Waals surface area contributed by atoms with Crippen LogP contribution in [0.3, 0.4) is 0 Å². The first-order valence-corrected chi connectivity index (χ1v) is 6.73. The van der Waals surface area contributed by atoms with Crippen molar-refractivity contribution in [2.24, 2.45) is 5.92 Å². The van der Waals surface area contributed by atoms with Gasteiger partial charge >= 0.3 is 0 Å². The Morgan fingerprint density at radius 1 is 1.23 bits per heavy atom. The SMILES string of the molecule is CC1CCCN(CCCCBr)CC1. The number of rotatable bonds is 4. The molecule has 0 bridgehead atoms. The van der Waals surface area contributed by atoms with Gasteiger partial charge in [0.25, 0.3) is 0 Å². The molecule has 2 heteroatoms. The van der Waals surface area contributed by atoms with Crippen LogP contribution >= 0.6 is 15.9 Å². The maximum atomic E-state index is 3.48. The fraction of sp³-hybridized carbons (Fsp3) is 1.00. The predicted octanol–water partition coefficient (Wildman–Crippen LogP) is 3.28. The molecular formula is C11H22BrN. The van der Waals surface area contributed by atoms with E-state index in [9.17, 15) is 0 Å². The molecule has 0 aromatic heterocycles. The maximum Gasteiger partial charge on any atom is 0.00317 e. The Kier molecular flexibility index (Phi) is 6.05. The minimum absolute atomic E-state index is 0.959. The molecule has 1 atom stereocenters. The normalized spacial score (nSPS) is 25.8. The summed E-state index contributed by atoms with van der Waals surface area (Å²) in [6.45, 7) is 6.39. The number of halogens is 1. The standard InChI is InChI=1S/C11H22BrN/c1-11-5-4-9-13(10-6-11)8-3-2-7-12/h11H,2-10H2,1H3. The fourth-order valence-electron chi connectivity index (χ4n) is 1.98. The van der Waals surface area contributed by atoms with Crippen LogP contribution in [0, 0.1) is 5.92 Å². The van der Waals surface area contributed by atoms with Gasteiger partial charge in [0, 0.05) is 5.33 Å². The van der Waals surface area contributed by atoms with Gasteiger partial charge in [-0.05, 0) is 57.7 Å². The van der Waals surface area contributed by atoms with Gasteiger partial charge in [-0.1, -0.05) is 22.9 Å². The van der Waals surface area contributed by atoms with Crippen molar-refractivity contribution in [1.29, 1.82) is 0 Å². The molecule has 0 aromatic carbocycles. The van der Waals surface area contributed by atoms with Crippen LogP contribution < -0.4 is 0 Å². The van der Waals surface area contributed by atoms with E-state index in [1.54, 1.807) is 0 Å². The third kappa shape index (κ3) is 5.02. The van der Waals surface area contributed by atoms with Gasteiger partial charge in [0.05, 0.1) is 0 Å². The van der Waals surface area contributed by atoms with E-state index in [1.807, 2.05) is 0 Å². The van der Waals surface area contributed by atoms with E-state index in [0.717, 1.165) is 11.2 Å². The third-order valence-corrected chi connectivity index (χ3v) is 3.53. The van der Waals surface area contributed by atoms with E-state index in [2.05, 4.69) is 27.8 Å². The lowest BCUT2D eigenvalue weighted by Crippen LogP contribution is -2.25. The lowest BCUT2D eigenvalue weighted by atomic mass is 10.0. The van der Waals surface area contributed by atoms with Crippen LogP contribution in [0.15, 0.2) is 0 Å². The Bertz CT molecular complexity index is 127. The lowest BCUT2D eigenvalue weighted by molar-refractivity contribution is 0.278. The van der Waals surface area contributed by atoms with Gasteiger partial charge in [-0.2, -0.15) is 0 Å². The lowest BCUT2D eigenvalue weighted by Gasteiger charge is -2.19. The number of nitrogens with zero attached hydrogens (tertiary/aromatic N) is 1. The molecule has 1 rings (SSSR count). The highest BCUT2D eigenvalue weighted by molar-refractivity contribution is 9.09. The van der Waals surface area contributed by atoms with Crippen molar-refractivity contribution >= 4 is 15.9 Å². The van der Waals surface area contributed by atoms with Gasteiger partial charge in [-0.25, -0.2) is 0 Å². The molecule has 0 radical (unpaired) electrons. The summed E-state index contributed by atoms with van der Waals surface area (Å²) in [6, 6.07) is 0. The van der Waals surface area contributed by atoms with Gasteiger partial charge in [0.1, 0.15) is 0 Å². The second-order valence-corrected chi connectivity index (χ2v) is 5.07. The largest absolute Gasteiger partial charge is 0.303 e. The summed E-state index contributed by atoms with van der Waals surface area (Å²) in [4.78, 5) is 2.64. The summed E-state index contributed by atoms with van der Waals surface area (Å²) in [6.07, 6.45) is 6.95. The molecule has 0 saturated carbocycles. The number of unbranched alkanes of at least 4 members (excludes halogenated alkanes) is 1. The third-order valence-electron chi connectivity index (χ3n) is 2.97. The monoisotopic (exact) mass is 247 g/mol. The average molecular weight is 248 g/mol. The van der Waals surface area contributed by atoms with Crippen molar-refractivity contribution in [3.63, 3.8) is 0 Å². The zero-order valence-corrected chi connectivity index (χ0v) is 10.4. The van der Waals surface area contributed by atoms with Gasteiger partial charge in [0.15, 0.2) is 0 Å². The van der Waals surface area contributed by atoms with Gasteiger partial charge in [-0.15, -0.1) is 0 Å². The predicted molar refractivity (Wildman–Crippen MR) is 62.5 cm³/mol. The molecule has 0 spiro atoms. The van der Waals surface area contributed by atoms with E-state index < -0.39 is 0 Å². The molecule has 0 amide bonds. The first kappa shape index (κ1) is 11.5. The van der Waals surface area contributed by atoms with Crippen molar-refractivity contribution in [3.8, 4) is 0 Å². The second kappa shape index (κ2) is 6.83. The average Bonchev–Trinajstić information content (AvgIpc) is 2.32. The van der Waals surface area contributed by atoms with Crippen LogP contribution in [-0.4, -0.2) is 29.9 Å². The minimum Gasteiger partial charge on any atom is -0.303 e. The molecule has 1 aliphatic rings. The van der Waals surface area contributed by atoms with E-state index in [4.69, 9.17) is 0 Å². The molecule has 13 heavy (non-hydrogen) atoms. The quantitative estimate of drug-likeness (QED) is 0.545. The highest BCUT2D eigenvalue weighted by atomic mass is 79.9. The van der Waals surface area contributed by atoms with Gasteiger partial charge in [-0.3, -0.25) is 0 Å². The molecule has 1 heterocycles. The van der Waals surface area contributed by atoms with Gasteiger partial charge < -0.3 is 4.90 Å². The highest BCUT2D eigenvalue weighted by Gasteiger charge is 2.12. The van der Waals surface area contributed by atoms with Crippen LogP contribution in [0.4, 0.5) is 0 Å². The minimum atomic E-state index is 0.959. The Morgan fingerprint density at radius 3 is 2.85 bits per heavy atom. The van der Waals surface area contributed by atoms with E-state index in [0.29, 0.717) is 0 Å². The van der Waals surface area contributed by atoms with Crippen LogP contribution in [0.2, 0.25) is 0 Å². The summed E-state index contributed by atoms with van der Waals surface area (Å²) >= 11 is 3.48. The Morgan fingerprint density at radius 2 is 2.08 bits per heavy atom. The van der Waals surface area contributed by atoms with Crippen LogP contribution in [0.5, 0.6) is 0 Å². The van der Waals surface area contributed by atoms with E-state index in [1.165, 1.54) is 51.7 Å². The zero-order valence-electron chi connectivity index (χ0n) is 8.77. The Balaban J connectivity index is 2.11. The molecule has 78 valence electrons. The van der Waals surface area contributed by atoms with Crippen molar-refractivity contribution in [2.45, 2.75) is 39.0 Å². The van der Waals surface area contributed by atoms with E-state index >= 15 is 0 Å². The molecule has 0 N–H and O–H groups in total. The Labute approximate surface area is 91.0 Å². The first-order valence-electron chi connectivity index (χ1n) is 5.61. The summed E-state index contributed by atoms with van der Waals surface area (Å²) in [5, 5.41) is 1.16. The molecule has 1 aliphatic heterocycles. The summed E-state index contributed by atoms with van der Waals surface area (Å²) < 4.78 is 0. The highest BCUT2D eigenvalue weighted by Crippen LogP contribution is 2.16. The van der Waals surface area contributed by atoms with Crippen molar-refractivity contribution in [2.75, 3.05) is 25.0 Å². The van der Waals surface area contributed by atoms with Crippen molar-refractivity contribution < 1.29 is 0 Å². The molecule has 1 saturated heterocycles. The van der Waals surface area contributed by atoms with Crippen molar-refractivity contribution in [1.82, 2.24) is 4.90 Å². The number of hydrogen-bond acceptors (Lipinski definition) is 1. The smallest absolute Gasteiger partial charge is 0.00317 e. The number of hydrogen-bond donors (Lipinski definition) is 0. The van der Waals surface area contributed by atoms with Gasteiger partial charge in [0.2, 0.25) is 0 Å². The second-order valence-electron chi connectivity index (χ2n) is 4.27. The molecular weight excluding hydrogens is 226 g/mol. The summed E-state index contributed by atoms with van der Waals surface area (Å²) in [5.74, 6) is 0.959. The first-order chi connectivity index (χ1) is 6.33. The molecule has 1 unspecified atom stereocenters. The topological polar surface area (TPSA) is 3.24 Å². The molecule has 0 aromatic rings. The number of likely N-dealkylation sites (tertiary alicyclic amines) is 1. The van der Waals surface area contributed by atoms with E-state index in [-0.39, 0.29) is 0 Å².